The van der Waals surface area contributed by atoms with Gasteiger partial charge in [-0.2, -0.15) is 0 Å². The van der Waals surface area contributed by atoms with Gasteiger partial charge < -0.3 is 15.0 Å². The number of aryl methyl sites for hydroxylation is 1. The second-order valence-electron chi connectivity index (χ2n) is 9.48. The number of hydrogen-bond donors (Lipinski definition) is 1. The zero-order valence-corrected chi connectivity index (χ0v) is 20.9. The molecule has 0 radical (unpaired) electrons. The van der Waals surface area contributed by atoms with E-state index in [0.717, 1.165) is 60.1 Å². The summed E-state index contributed by atoms with van der Waals surface area (Å²) in [5, 5.41) is 4.18. The van der Waals surface area contributed by atoms with Gasteiger partial charge in [0.1, 0.15) is 12.1 Å². The third-order valence-corrected chi connectivity index (χ3v) is 7.18. The zero-order valence-electron chi connectivity index (χ0n) is 20.1. The number of carbonyl (C=O) groups excluding carboxylic acids is 1. The molecule has 0 saturated carbocycles. The second-order valence-corrected chi connectivity index (χ2v) is 10.5. The number of benzene rings is 2. The van der Waals surface area contributed by atoms with Gasteiger partial charge in [0.2, 0.25) is 0 Å². The van der Waals surface area contributed by atoms with Crippen LogP contribution in [0.15, 0.2) is 48.7 Å². The molecule has 4 rings (SSSR count). The maximum Gasteiger partial charge on any atom is 0.186 e. The fourth-order valence-corrected chi connectivity index (χ4v) is 5.72. The fourth-order valence-electron chi connectivity index (χ4n) is 4.71. The Morgan fingerprint density at radius 3 is 2.85 bits per heavy atom. The normalized spacial score (nSPS) is 16.7. The van der Waals surface area contributed by atoms with Crippen LogP contribution in [0.1, 0.15) is 31.4 Å². The molecule has 0 bridgehead atoms. The fraction of sp³-hybridized carbons (Fsp3) is 0.407. The number of carbonyl (C=O) groups is 1. The van der Waals surface area contributed by atoms with E-state index >= 15 is 0 Å². The minimum atomic E-state index is -0.223. The average Bonchev–Trinajstić information content (AvgIpc) is 3.27. The van der Waals surface area contributed by atoms with E-state index in [-0.39, 0.29) is 5.82 Å². The van der Waals surface area contributed by atoms with Gasteiger partial charge in [0, 0.05) is 44.1 Å². The first-order valence-electron chi connectivity index (χ1n) is 11.9. The van der Waals surface area contributed by atoms with E-state index in [2.05, 4.69) is 54.1 Å². The van der Waals surface area contributed by atoms with Crippen LogP contribution in [0, 0.1) is 18.7 Å². The minimum Gasteiger partial charge on any atom is -0.378 e. The van der Waals surface area contributed by atoms with Crippen LogP contribution in [0.5, 0.6) is 0 Å². The Kier molecular flexibility index (Phi) is 7.95. The zero-order chi connectivity index (χ0) is 24.1. The van der Waals surface area contributed by atoms with Crippen LogP contribution < -0.4 is 10.2 Å². The molecule has 1 saturated heterocycles. The molecule has 1 fully saturated rings. The van der Waals surface area contributed by atoms with Gasteiger partial charge in [-0.05, 0) is 60.2 Å². The molecule has 180 valence electrons. The Bertz CT molecular complexity index is 1120. The van der Waals surface area contributed by atoms with Crippen LogP contribution >= 0.6 is 11.3 Å². The van der Waals surface area contributed by atoms with Crippen LogP contribution in [-0.4, -0.2) is 48.4 Å². The summed E-state index contributed by atoms with van der Waals surface area (Å²) in [6.45, 7) is 10.7. The van der Waals surface area contributed by atoms with Crippen LogP contribution in [0.3, 0.4) is 0 Å². The number of nitrogens with zero attached hydrogens (tertiary/aromatic N) is 3. The molecule has 2 heterocycles. The van der Waals surface area contributed by atoms with Crippen LogP contribution in [-0.2, 0) is 11.3 Å². The van der Waals surface area contributed by atoms with E-state index in [1.807, 2.05) is 12.3 Å². The molecule has 3 aromatic rings. The van der Waals surface area contributed by atoms with Gasteiger partial charge in [-0.15, -0.1) is 0 Å². The second kappa shape index (κ2) is 11.1. The Labute approximate surface area is 205 Å². The highest BCUT2D eigenvalue weighted by Crippen LogP contribution is 2.34. The third-order valence-electron chi connectivity index (χ3n) is 6.09. The molecule has 2 aromatic carbocycles. The van der Waals surface area contributed by atoms with Crippen molar-refractivity contribution in [2.75, 3.05) is 36.4 Å². The van der Waals surface area contributed by atoms with Crippen LogP contribution in [0.4, 0.5) is 15.2 Å². The van der Waals surface area contributed by atoms with E-state index < -0.39 is 0 Å². The highest BCUT2D eigenvalue weighted by atomic mass is 32.1. The summed E-state index contributed by atoms with van der Waals surface area (Å²) in [5.41, 5.74) is 4.32. The summed E-state index contributed by atoms with van der Waals surface area (Å²) in [7, 11) is 0. The molecule has 0 amide bonds. The lowest BCUT2D eigenvalue weighted by Crippen LogP contribution is -2.53. The number of halogens is 1. The first kappa shape index (κ1) is 24.4. The molecule has 7 heteroatoms. The predicted molar refractivity (Wildman–Crippen MR) is 139 cm³/mol. The number of anilines is 2. The number of thiazole rings is 1. The molecule has 34 heavy (non-hydrogen) atoms. The van der Waals surface area contributed by atoms with Crippen molar-refractivity contribution in [3.63, 3.8) is 0 Å². The summed E-state index contributed by atoms with van der Waals surface area (Å²) in [5.74, 6) is 0.354. The molecular formula is C27H33FN4OS. The first-order valence-corrected chi connectivity index (χ1v) is 12.7. The number of aldehydes is 1. The molecule has 5 nitrogen and oxygen atoms in total. The highest BCUT2D eigenvalue weighted by Gasteiger charge is 2.29. The van der Waals surface area contributed by atoms with Crippen LogP contribution in [0.2, 0.25) is 0 Å². The Morgan fingerprint density at radius 2 is 2.09 bits per heavy atom. The van der Waals surface area contributed by atoms with Crippen molar-refractivity contribution in [1.82, 2.24) is 9.88 Å². The van der Waals surface area contributed by atoms with Gasteiger partial charge in [-0.3, -0.25) is 4.90 Å². The number of piperazine rings is 1. The van der Waals surface area contributed by atoms with Crippen molar-refractivity contribution in [2.24, 2.45) is 5.92 Å². The molecular weight excluding hydrogens is 447 g/mol. The SMILES string of the molecule is Cc1cc(CN2CCN(c3ncc(-c4cccc(F)c4)s3)[C@H](CC(C)C)C2)cc(NCC=O)c1. The van der Waals surface area contributed by atoms with E-state index in [4.69, 9.17) is 4.98 Å². The van der Waals surface area contributed by atoms with Crippen molar-refractivity contribution < 1.29 is 9.18 Å². The van der Waals surface area contributed by atoms with E-state index in [1.165, 1.54) is 17.2 Å². The summed E-state index contributed by atoms with van der Waals surface area (Å²) in [6.07, 6.45) is 3.84. The van der Waals surface area contributed by atoms with Gasteiger partial charge in [0.25, 0.3) is 0 Å². The summed E-state index contributed by atoms with van der Waals surface area (Å²) >= 11 is 1.64. The lowest BCUT2D eigenvalue weighted by atomic mass is 10.00. The summed E-state index contributed by atoms with van der Waals surface area (Å²) < 4.78 is 13.7. The Balaban J connectivity index is 1.48. The van der Waals surface area contributed by atoms with E-state index in [0.29, 0.717) is 18.5 Å². The predicted octanol–water partition coefficient (Wildman–Crippen LogP) is 5.61. The maximum atomic E-state index is 13.7. The maximum absolute atomic E-state index is 13.7. The van der Waals surface area contributed by atoms with Crippen molar-refractivity contribution in [3.8, 4) is 10.4 Å². The van der Waals surface area contributed by atoms with Gasteiger partial charge >= 0.3 is 0 Å². The van der Waals surface area contributed by atoms with Crippen molar-refractivity contribution in [1.29, 1.82) is 0 Å². The Hall–Kier alpha value is -2.77. The standard InChI is InChI=1S/C27H33FN4OS/c1-19(2)11-25-18-31(17-21-12-20(3)13-24(14-21)29-7-10-33)8-9-32(25)27-30-16-26(34-27)22-5-4-6-23(28)15-22/h4-6,10,12-16,19,25,29H,7-9,11,17-18H2,1-3H3/t25-/m1/s1. The van der Waals surface area contributed by atoms with E-state index in [9.17, 15) is 9.18 Å². The first-order chi connectivity index (χ1) is 16.4. The molecule has 1 aliphatic rings. The molecule has 0 unspecified atom stereocenters. The monoisotopic (exact) mass is 480 g/mol. The highest BCUT2D eigenvalue weighted by molar-refractivity contribution is 7.18. The quantitative estimate of drug-likeness (QED) is 0.404. The van der Waals surface area contributed by atoms with Crippen molar-refractivity contribution in [3.05, 3.63) is 65.6 Å². The molecule has 0 aliphatic carbocycles. The number of nitrogens with one attached hydrogen (secondary N) is 1. The van der Waals surface area contributed by atoms with Gasteiger partial charge in [0.15, 0.2) is 5.13 Å². The minimum absolute atomic E-state index is 0.223. The van der Waals surface area contributed by atoms with Gasteiger partial charge in [-0.1, -0.05) is 43.4 Å². The molecule has 0 spiro atoms. The Morgan fingerprint density at radius 1 is 1.24 bits per heavy atom. The topological polar surface area (TPSA) is 48.5 Å². The summed E-state index contributed by atoms with van der Waals surface area (Å²) in [4.78, 5) is 21.4. The number of rotatable bonds is 9. The van der Waals surface area contributed by atoms with Crippen molar-refractivity contribution in [2.45, 2.75) is 39.8 Å². The number of aromatic nitrogens is 1. The third kappa shape index (κ3) is 6.21. The lowest BCUT2D eigenvalue weighted by molar-refractivity contribution is -0.106. The summed E-state index contributed by atoms with van der Waals surface area (Å²) in [6, 6.07) is 13.5. The molecule has 1 aromatic heterocycles. The van der Waals surface area contributed by atoms with Gasteiger partial charge in [-0.25, -0.2) is 9.37 Å². The number of hydrogen-bond acceptors (Lipinski definition) is 6. The van der Waals surface area contributed by atoms with Crippen molar-refractivity contribution >= 4 is 28.4 Å². The molecule has 1 atom stereocenters. The van der Waals surface area contributed by atoms with E-state index in [1.54, 1.807) is 23.5 Å². The molecule has 1 N–H and O–H groups in total. The molecule has 1 aliphatic heterocycles. The average molecular weight is 481 g/mol. The largest absolute Gasteiger partial charge is 0.378 e. The van der Waals surface area contributed by atoms with Crippen LogP contribution in [0.25, 0.3) is 10.4 Å². The van der Waals surface area contributed by atoms with Gasteiger partial charge in [0.05, 0.1) is 11.4 Å². The lowest BCUT2D eigenvalue weighted by Gasteiger charge is -2.42. The smallest absolute Gasteiger partial charge is 0.186 e.